The van der Waals surface area contributed by atoms with Crippen molar-refractivity contribution in [3.05, 3.63) is 46.6 Å². The van der Waals surface area contributed by atoms with Crippen molar-refractivity contribution in [3.8, 4) is 34.3 Å². The molecule has 20 heteroatoms. The van der Waals surface area contributed by atoms with Gasteiger partial charge in [-0.1, -0.05) is 0 Å². The largest absolute Gasteiger partial charge is 0.508 e. The number of aliphatic hydroxyl groups is 9. The number of hydrogen-bond acceptors (Lipinski definition) is 20. The third-order valence-corrected chi connectivity index (χ3v) is 9.32. The number of fused-ring (bicyclic) bond motifs is 1. The van der Waals surface area contributed by atoms with Crippen molar-refractivity contribution in [2.75, 3.05) is 13.2 Å². The molecule has 3 aliphatic rings. The zero-order valence-corrected chi connectivity index (χ0v) is 27.7. The molecule has 292 valence electrons. The average Bonchev–Trinajstić information content (AvgIpc) is 3.12. The summed E-state index contributed by atoms with van der Waals surface area (Å²) in [4.78, 5) is 14.1. The maximum atomic E-state index is 14.1. The Balaban J connectivity index is 1.46. The Bertz CT molecular complexity index is 1780. The molecule has 3 fully saturated rings. The summed E-state index contributed by atoms with van der Waals surface area (Å²) in [6, 6.07) is 7.12. The number of aromatic hydroxyl groups is 3. The quantitative estimate of drug-likeness (QED) is 0.100. The standard InChI is InChI=1S/C33H40O20/c1-10-19(39)28(51-31-25(45)23(43)20(40)16(8-34)49-31)30(53-32-26(46)24(44)21(41)17(9-35)50-32)33(47-10)52-29-22(42)18-14(38)6-13(37)7-15(18)48-27(29)11-2-4-12(36)5-3-11/h2-7,10,16-17,19-21,23-26,28,30-41,43-46H,8-9H2,1H3. The highest BCUT2D eigenvalue weighted by Gasteiger charge is 2.54. The van der Waals surface area contributed by atoms with E-state index in [1.165, 1.54) is 31.2 Å². The van der Waals surface area contributed by atoms with Crippen molar-refractivity contribution in [3.63, 3.8) is 0 Å². The molecule has 0 spiro atoms. The van der Waals surface area contributed by atoms with Gasteiger partial charge in [-0.3, -0.25) is 4.79 Å². The Morgan fingerprint density at radius 3 is 1.74 bits per heavy atom. The van der Waals surface area contributed by atoms with Crippen LogP contribution in [0.25, 0.3) is 22.3 Å². The van der Waals surface area contributed by atoms with Gasteiger partial charge in [-0.05, 0) is 31.2 Å². The van der Waals surface area contributed by atoms with E-state index in [0.717, 1.165) is 12.1 Å². The normalized spacial score (nSPS) is 37.8. The van der Waals surface area contributed by atoms with Gasteiger partial charge in [0.2, 0.25) is 17.5 Å². The molecular formula is C33H40O20. The van der Waals surface area contributed by atoms with Crippen LogP contribution in [0.4, 0.5) is 0 Å². The molecule has 0 radical (unpaired) electrons. The van der Waals surface area contributed by atoms with E-state index >= 15 is 0 Å². The summed E-state index contributed by atoms with van der Waals surface area (Å²) in [5.74, 6) is -2.31. The second-order valence-electron chi connectivity index (χ2n) is 12.9. The van der Waals surface area contributed by atoms with E-state index in [4.69, 9.17) is 32.8 Å². The summed E-state index contributed by atoms with van der Waals surface area (Å²) >= 11 is 0. The number of rotatable bonds is 9. The maximum absolute atomic E-state index is 14.1. The number of ether oxygens (including phenoxy) is 6. The monoisotopic (exact) mass is 756 g/mol. The summed E-state index contributed by atoms with van der Waals surface area (Å²) in [6.07, 6.45) is -26.9. The van der Waals surface area contributed by atoms with Crippen molar-refractivity contribution in [1.29, 1.82) is 0 Å². The minimum atomic E-state index is -2.03. The van der Waals surface area contributed by atoms with Crippen LogP contribution in [0.15, 0.2) is 45.6 Å². The van der Waals surface area contributed by atoms with E-state index < -0.39 is 133 Å². The fraction of sp³-hybridized carbons (Fsp3) is 0.545. The summed E-state index contributed by atoms with van der Waals surface area (Å²) in [6.45, 7) is -0.354. The molecule has 4 heterocycles. The van der Waals surface area contributed by atoms with Crippen LogP contribution in [0.3, 0.4) is 0 Å². The first-order chi connectivity index (χ1) is 25.1. The van der Waals surface area contributed by atoms with E-state index in [1.807, 2.05) is 0 Å². The smallest absolute Gasteiger partial charge is 0.239 e. The van der Waals surface area contributed by atoms with Gasteiger partial charge >= 0.3 is 0 Å². The van der Waals surface area contributed by atoms with Gasteiger partial charge in [0.05, 0.1) is 19.3 Å². The molecule has 3 saturated heterocycles. The van der Waals surface area contributed by atoms with Crippen LogP contribution in [0.1, 0.15) is 6.92 Å². The van der Waals surface area contributed by atoms with E-state index in [-0.39, 0.29) is 22.7 Å². The lowest BCUT2D eigenvalue weighted by molar-refractivity contribution is -0.382. The zero-order valence-electron chi connectivity index (χ0n) is 27.7. The molecule has 15 atom stereocenters. The molecule has 2 aromatic carbocycles. The summed E-state index contributed by atoms with van der Waals surface area (Å²) in [5.41, 5.74) is -1.18. The van der Waals surface area contributed by atoms with E-state index in [1.54, 1.807) is 0 Å². The molecule has 3 aliphatic heterocycles. The number of benzene rings is 2. The van der Waals surface area contributed by atoms with Gasteiger partial charge in [0.1, 0.15) is 89.3 Å². The van der Waals surface area contributed by atoms with Crippen LogP contribution >= 0.6 is 0 Å². The van der Waals surface area contributed by atoms with E-state index in [0.29, 0.717) is 0 Å². The van der Waals surface area contributed by atoms with Crippen molar-refractivity contribution < 1.29 is 94.1 Å². The van der Waals surface area contributed by atoms with E-state index in [2.05, 4.69) is 0 Å². The SMILES string of the molecule is CC1OC(Oc2c(-c3ccc(O)cc3)oc3cc(O)cc(O)c3c2=O)C(OC2OC(CO)C(O)C(O)C2O)C(OC2OC(CO)C(O)C(O)C2O)C1O. The van der Waals surface area contributed by atoms with E-state index in [9.17, 15) is 66.1 Å². The predicted molar refractivity (Wildman–Crippen MR) is 171 cm³/mol. The minimum absolute atomic E-state index is 0.129. The fourth-order valence-corrected chi connectivity index (χ4v) is 6.34. The Labute approximate surface area is 298 Å². The van der Waals surface area contributed by atoms with Crippen LogP contribution in [-0.2, 0) is 23.7 Å². The van der Waals surface area contributed by atoms with Crippen molar-refractivity contribution >= 4 is 11.0 Å². The highest BCUT2D eigenvalue weighted by atomic mass is 16.8. The molecule has 15 unspecified atom stereocenters. The predicted octanol–water partition coefficient (Wildman–Crippen LogP) is -3.57. The topological polar surface area (TPSA) is 328 Å². The number of phenols is 3. The summed E-state index contributed by atoms with van der Waals surface area (Å²) < 4.78 is 40.8. The Morgan fingerprint density at radius 2 is 1.19 bits per heavy atom. The van der Waals surface area contributed by atoms with Crippen LogP contribution in [0.2, 0.25) is 0 Å². The Morgan fingerprint density at radius 1 is 0.642 bits per heavy atom. The van der Waals surface area contributed by atoms with Gasteiger partial charge in [-0.25, -0.2) is 0 Å². The summed E-state index contributed by atoms with van der Waals surface area (Å²) in [5, 5.41) is 124. The molecule has 0 aliphatic carbocycles. The maximum Gasteiger partial charge on any atom is 0.239 e. The first-order valence-corrected chi connectivity index (χ1v) is 16.4. The first-order valence-electron chi connectivity index (χ1n) is 16.4. The van der Waals surface area contributed by atoms with Crippen molar-refractivity contribution in [1.82, 2.24) is 0 Å². The third kappa shape index (κ3) is 7.39. The molecule has 53 heavy (non-hydrogen) atoms. The second-order valence-corrected chi connectivity index (χ2v) is 12.9. The van der Waals surface area contributed by atoms with Gasteiger partial charge in [0.25, 0.3) is 0 Å². The Kier molecular flexibility index (Phi) is 11.5. The molecule has 20 nitrogen and oxygen atoms in total. The van der Waals surface area contributed by atoms with Crippen LogP contribution in [-0.4, -0.2) is 167 Å². The van der Waals surface area contributed by atoms with Crippen LogP contribution < -0.4 is 10.2 Å². The fourth-order valence-electron chi connectivity index (χ4n) is 6.34. The lowest BCUT2D eigenvalue weighted by Gasteiger charge is -2.48. The minimum Gasteiger partial charge on any atom is -0.508 e. The van der Waals surface area contributed by atoms with Gasteiger partial charge < -0.3 is 94.1 Å². The number of hydrogen-bond donors (Lipinski definition) is 12. The van der Waals surface area contributed by atoms with Gasteiger partial charge in [0.15, 0.2) is 24.4 Å². The first kappa shape index (κ1) is 39.0. The van der Waals surface area contributed by atoms with Gasteiger partial charge in [0, 0.05) is 17.7 Å². The molecule has 12 N–H and O–H groups in total. The molecule has 1 aromatic heterocycles. The Hall–Kier alpha value is -3.71. The highest BCUT2D eigenvalue weighted by Crippen LogP contribution is 2.39. The third-order valence-electron chi connectivity index (χ3n) is 9.32. The number of phenolic OH excluding ortho intramolecular Hbond substituents is 3. The lowest BCUT2D eigenvalue weighted by Crippen LogP contribution is -2.67. The van der Waals surface area contributed by atoms with Crippen LogP contribution in [0.5, 0.6) is 23.0 Å². The van der Waals surface area contributed by atoms with Gasteiger partial charge in [-0.15, -0.1) is 0 Å². The zero-order chi connectivity index (χ0) is 38.5. The molecule has 0 bridgehead atoms. The molecular weight excluding hydrogens is 716 g/mol. The van der Waals surface area contributed by atoms with Gasteiger partial charge in [-0.2, -0.15) is 0 Å². The number of aliphatic hydroxyl groups excluding tert-OH is 9. The summed E-state index contributed by atoms with van der Waals surface area (Å²) in [7, 11) is 0. The molecule has 3 aromatic rings. The average molecular weight is 757 g/mol. The highest BCUT2D eigenvalue weighted by molar-refractivity contribution is 5.88. The van der Waals surface area contributed by atoms with Crippen molar-refractivity contribution in [2.45, 2.75) is 99.0 Å². The van der Waals surface area contributed by atoms with Crippen molar-refractivity contribution in [2.24, 2.45) is 0 Å². The molecule has 0 saturated carbocycles. The molecule has 6 rings (SSSR count). The second kappa shape index (κ2) is 15.6. The lowest BCUT2D eigenvalue weighted by atomic mass is 9.96. The molecule has 0 amide bonds. The van der Waals surface area contributed by atoms with Crippen LogP contribution in [0, 0.1) is 0 Å².